The Bertz CT molecular complexity index is 791. The molecular weight excluding hydrogens is 286 g/mol. The number of hydrogen-bond donors (Lipinski definition) is 0. The number of carbonyl (C=O) groups excluding carboxylic acids is 1. The van der Waals surface area contributed by atoms with Crippen LogP contribution in [0, 0.1) is 6.92 Å². The monoisotopic (exact) mass is 301 g/mol. The molecule has 0 aliphatic rings. The molecule has 0 unspecified atom stereocenters. The van der Waals surface area contributed by atoms with E-state index in [4.69, 9.17) is 4.74 Å². The minimum absolute atomic E-state index is 0.288. The summed E-state index contributed by atoms with van der Waals surface area (Å²) in [5.74, 6) is -0.420. The van der Waals surface area contributed by atoms with Crippen LogP contribution in [-0.2, 0) is 11.3 Å². The summed E-state index contributed by atoms with van der Waals surface area (Å²) in [7, 11) is 0. The number of carbonyl (C=O) groups is 1. The van der Waals surface area contributed by atoms with Crippen LogP contribution in [0.3, 0.4) is 0 Å². The number of thiophene rings is 1. The predicted molar refractivity (Wildman–Crippen MR) is 81.6 cm³/mol. The van der Waals surface area contributed by atoms with Gasteiger partial charge in [0.25, 0.3) is 0 Å². The van der Waals surface area contributed by atoms with E-state index in [0.29, 0.717) is 13.2 Å². The summed E-state index contributed by atoms with van der Waals surface area (Å²) in [4.78, 5) is 11.8. The van der Waals surface area contributed by atoms with Crippen LogP contribution in [0.1, 0.15) is 28.7 Å². The van der Waals surface area contributed by atoms with Crippen molar-refractivity contribution in [1.29, 1.82) is 0 Å². The molecule has 0 fully saturated rings. The zero-order chi connectivity index (χ0) is 14.8. The van der Waals surface area contributed by atoms with E-state index >= 15 is 0 Å². The van der Waals surface area contributed by atoms with Crippen molar-refractivity contribution in [3.05, 3.63) is 46.6 Å². The molecule has 0 spiro atoms. The van der Waals surface area contributed by atoms with Crippen molar-refractivity contribution >= 4 is 27.4 Å². The molecule has 0 amide bonds. The minimum Gasteiger partial charge on any atom is -0.461 e. The number of benzene rings is 1. The van der Waals surface area contributed by atoms with Gasteiger partial charge in [-0.25, -0.2) is 9.48 Å². The first-order valence-electron chi connectivity index (χ1n) is 6.73. The van der Waals surface area contributed by atoms with Gasteiger partial charge in [0.05, 0.1) is 18.8 Å². The Kier molecular flexibility index (Phi) is 3.70. The van der Waals surface area contributed by atoms with Crippen molar-refractivity contribution in [1.82, 2.24) is 15.0 Å². The maximum atomic E-state index is 11.8. The Morgan fingerprint density at radius 3 is 3.00 bits per heavy atom. The van der Waals surface area contributed by atoms with E-state index in [9.17, 15) is 4.79 Å². The molecule has 3 rings (SSSR count). The van der Waals surface area contributed by atoms with Crippen LogP contribution in [0.25, 0.3) is 10.1 Å². The Balaban J connectivity index is 1.90. The van der Waals surface area contributed by atoms with Crippen molar-refractivity contribution in [2.45, 2.75) is 20.4 Å². The van der Waals surface area contributed by atoms with Gasteiger partial charge in [0, 0.05) is 4.70 Å². The first-order chi connectivity index (χ1) is 10.2. The zero-order valence-electron chi connectivity index (χ0n) is 11.9. The molecule has 1 aromatic carbocycles. The number of hydrogen-bond acceptors (Lipinski definition) is 5. The van der Waals surface area contributed by atoms with Crippen molar-refractivity contribution in [3.8, 4) is 0 Å². The highest BCUT2D eigenvalue weighted by Gasteiger charge is 2.18. The molecular formula is C15H15N3O2S. The maximum Gasteiger partial charge on any atom is 0.360 e. The lowest BCUT2D eigenvalue weighted by Crippen LogP contribution is -2.08. The van der Waals surface area contributed by atoms with Gasteiger partial charge in [0.15, 0.2) is 5.69 Å². The summed E-state index contributed by atoms with van der Waals surface area (Å²) in [6.07, 6.45) is 0. The molecule has 0 aliphatic heterocycles. The summed E-state index contributed by atoms with van der Waals surface area (Å²) in [5, 5.41) is 11.3. The highest BCUT2D eigenvalue weighted by molar-refractivity contribution is 7.17. The van der Waals surface area contributed by atoms with Crippen molar-refractivity contribution in [2.75, 3.05) is 6.61 Å². The summed E-state index contributed by atoms with van der Waals surface area (Å²) in [6.45, 7) is 4.54. The van der Waals surface area contributed by atoms with Gasteiger partial charge in [-0.15, -0.1) is 16.4 Å². The van der Waals surface area contributed by atoms with Crippen LogP contribution in [-0.4, -0.2) is 27.6 Å². The van der Waals surface area contributed by atoms with Gasteiger partial charge in [-0.3, -0.25) is 0 Å². The van der Waals surface area contributed by atoms with E-state index in [0.717, 1.165) is 5.69 Å². The fourth-order valence-electron chi connectivity index (χ4n) is 2.22. The second-order valence-electron chi connectivity index (χ2n) is 4.66. The highest BCUT2D eigenvalue weighted by Crippen LogP contribution is 2.26. The molecule has 0 aliphatic carbocycles. The molecule has 3 aromatic rings. The maximum absolute atomic E-state index is 11.8. The third-order valence-corrected chi connectivity index (χ3v) is 4.34. The van der Waals surface area contributed by atoms with Gasteiger partial charge in [-0.1, -0.05) is 23.4 Å². The van der Waals surface area contributed by atoms with Gasteiger partial charge in [0.2, 0.25) is 0 Å². The van der Waals surface area contributed by atoms with Gasteiger partial charge in [0.1, 0.15) is 0 Å². The number of esters is 1. The second-order valence-corrected chi connectivity index (χ2v) is 5.57. The Labute approximate surface area is 126 Å². The summed E-state index contributed by atoms with van der Waals surface area (Å²) < 4.78 is 7.96. The fraction of sp³-hybridized carbons (Fsp3) is 0.267. The van der Waals surface area contributed by atoms with E-state index in [1.54, 1.807) is 22.9 Å². The number of nitrogens with zero attached hydrogens (tertiary/aromatic N) is 3. The summed E-state index contributed by atoms with van der Waals surface area (Å²) >= 11 is 1.71. The smallest absolute Gasteiger partial charge is 0.360 e. The third-order valence-electron chi connectivity index (χ3n) is 3.33. The summed E-state index contributed by atoms with van der Waals surface area (Å²) in [6, 6.07) is 8.25. The van der Waals surface area contributed by atoms with Crippen LogP contribution in [0.15, 0.2) is 29.6 Å². The quantitative estimate of drug-likeness (QED) is 0.695. The van der Waals surface area contributed by atoms with Gasteiger partial charge in [-0.05, 0) is 36.2 Å². The van der Waals surface area contributed by atoms with Crippen molar-refractivity contribution < 1.29 is 9.53 Å². The predicted octanol–water partition coefficient (Wildman–Crippen LogP) is 3.03. The lowest BCUT2D eigenvalue weighted by molar-refractivity contribution is 0.0518. The zero-order valence-corrected chi connectivity index (χ0v) is 12.7. The van der Waals surface area contributed by atoms with Crippen LogP contribution in [0.4, 0.5) is 0 Å². The average molecular weight is 301 g/mol. The van der Waals surface area contributed by atoms with E-state index in [2.05, 4.69) is 27.8 Å². The molecule has 21 heavy (non-hydrogen) atoms. The Morgan fingerprint density at radius 1 is 1.38 bits per heavy atom. The Morgan fingerprint density at radius 2 is 2.19 bits per heavy atom. The van der Waals surface area contributed by atoms with E-state index in [-0.39, 0.29) is 5.69 Å². The standard InChI is InChI=1S/C15H15N3O2S/c1-3-20-15(19)14-10(2)18(17-16-14)8-11-9-21-13-7-5-4-6-12(11)13/h4-7,9H,3,8H2,1-2H3. The molecule has 0 N–H and O–H groups in total. The van der Waals surface area contributed by atoms with Crippen molar-refractivity contribution in [2.24, 2.45) is 0 Å². The molecule has 5 nitrogen and oxygen atoms in total. The SMILES string of the molecule is CCOC(=O)c1nnn(Cc2csc3ccccc23)c1C. The largest absolute Gasteiger partial charge is 0.461 e. The third kappa shape index (κ3) is 2.54. The first-order valence-corrected chi connectivity index (χ1v) is 7.61. The van der Waals surface area contributed by atoms with E-state index in [1.165, 1.54) is 15.6 Å². The van der Waals surface area contributed by atoms with Crippen LogP contribution >= 0.6 is 11.3 Å². The topological polar surface area (TPSA) is 57.0 Å². The summed E-state index contributed by atoms with van der Waals surface area (Å²) in [5.41, 5.74) is 2.19. The lowest BCUT2D eigenvalue weighted by Gasteiger charge is -2.03. The van der Waals surface area contributed by atoms with Crippen LogP contribution in [0.5, 0.6) is 0 Å². The second kappa shape index (κ2) is 5.65. The van der Waals surface area contributed by atoms with Gasteiger partial charge >= 0.3 is 5.97 Å². The lowest BCUT2D eigenvalue weighted by atomic mass is 10.2. The van der Waals surface area contributed by atoms with Crippen LogP contribution in [0.2, 0.25) is 0 Å². The number of fused-ring (bicyclic) bond motifs is 1. The molecule has 0 atom stereocenters. The van der Waals surface area contributed by atoms with Crippen molar-refractivity contribution in [3.63, 3.8) is 0 Å². The van der Waals surface area contributed by atoms with E-state index < -0.39 is 5.97 Å². The molecule has 0 saturated heterocycles. The van der Waals surface area contributed by atoms with Gasteiger partial charge < -0.3 is 4.74 Å². The minimum atomic E-state index is -0.420. The average Bonchev–Trinajstić information content (AvgIpc) is 3.05. The number of ether oxygens (including phenoxy) is 1. The van der Waals surface area contributed by atoms with Gasteiger partial charge in [-0.2, -0.15) is 0 Å². The molecule has 0 bridgehead atoms. The molecule has 6 heteroatoms. The normalized spacial score (nSPS) is 11.0. The molecule has 108 valence electrons. The molecule has 0 radical (unpaired) electrons. The number of aromatic nitrogens is 3. The molecule has 2 heterocycles. The highest BCUT2D eigenvalue weighted by atomic mass is 32.1. The Hall–Kier alpha value is -2.21. The molecule has 0 saturated carbocycles. The van der Waals surface area contributed by atoms with Crippen LogP contribution < -0.4 is 0 Å². The molecule has 2 aromatic heterocycles. The number of rotatable bonds is 4. The van der Waals surface area contributed by atoms with E-state index in [1.807, 2.05) is 19.1 Å². The fourth-order valence-corrected chi connectivity index (χ4v) is 3.17. The first kappa shape index (κ1) is 13.8.